The lowest BCUT2D eigenvalue weighted by molar-refractivity contribution is -0.141. The van der Waals surface area contributed by atoms with E-state index in [1.807, 2.05) is 4.90 Å². The molecule has 4 aromatic rings. The minimum Gasteiger partial charge on any atom is -0.508 e. The van der Waals surface area contributed by atoms with Crippen molar-refractivity contribution in [3.05, 3.63) is 42.0 Å². The molecule has 51 heavy (non-hydrogen) atoms. The van der Waals surface area contributed by atoms with Crippen LogP contribution < -0.4 is 14.4 Å². The highest BCUT2D eigenvalue weighted by Gasteiger charge is 2.51. The van der Waals surface area contributed by atoms with Crippen LogP contribution in [-0.2, 0) is 9.47 Å². The summed E-state index contributed by atoms with van der Waals surface area (Å²) in [5.41, 5.74) is -1.63. The van der Waals surface area contributed by atoms with E-state index in [2.05, 4.69) is 16.8 Å². The lowest BCUT2D eigenvalue weighted by Crippen LogP contribution is -2.65. The van der Waals surface area contributed by atoms with Crippen molar-refractivity contribution < 1.29 is 37.9 Å². The number of hydrogen-bond acceptors (Lipinski definition) is 11. The van der Waals surface area contributed by atoms with Gasteiger partial charge in [0.25, 0.3) is 0 Å². The van der Waals surface area contributed by atoms with Gasteiger partial charge in [-0.1, -0.05) is 18.6 Å². The van der Waals surface area contributed by atoms with E-state index in [-0.39, 0.29) is 81.7 Å². The second-order valence-corrected chi connectivity index (χ2v) is 15.0. The number of anilines is 1. The Morgan fingerprint density at radius 2 is 1.82 bits per heavy atom. The summed E-state index contributed by atoms with van der Waals surface area (Å²) in [7, 11) is 1.41. The number of aliphatic hydroxyl groups is 1. The smallest absolute Gasteiger partial charge is 0.319 e. The second-order valence-electron chi connectivity index (χ2n) is 15.0. The molecular formula is C38H45F2N5O6. The molecule has 8 rings (SSSR count). The summed E-state index contributed by atoms with van der Waals surface area (Å²) in [6, 6.07) is 7.56. The van der Waals surface area contributed by atoms with Crippen LogP contribution in [0.25, 0.3) is 32.9 Å². The van der Waals surface area contributed by atoms with Crippen LogP contribution in [0.1, 0.15) is 52.4 Å². The summed E-state index contributed by atoms with van der Waals surface area (Å²) in [6.07, 6.45) is 5.71. The molecule has 0 bridgehead atoms. The summed E-state index contributed by atoms with van der Waals surface area (Å²) in [6.45, 7) is 7.42. The number of likely N-dealkylation sites (tertiary alicyclic amines) is 1. The zero-order chi connectivity index (χ0) is 35.5. The number of piperidine rings is 1. The highest BCUT2D eigenvalue weighted by atomic mass is 19.1. The van der Waals surface area contributed by atoms with Crippen LogP contribution >= 0.6 is 0 Å². The van der Waals surface area contributed by atoms with Gasteiger partial charge in [0.1, 0.15) is 45.7 Å². The van der Waals surface area contributed by atoms with Crippen LogP contribution in [0.3, 0.4) is 0 Å². The normalized spacial score (nSPS) is 27.8. The van der Waals surface area contributed by atoms with E-state index in [0.29, 0.717) is 24.6 Å². The van der Waals surface area contributed by atoms with E-state index in [9.17, 15) is 10.2 Å². The average Bonchev–Trinajstić information content (AvgIpc) is 3.36. The fraction of sp³-hybridized carbons (Fsp3) is 0.553. The summed E-state index contributed by atoms with van der Waals surface area (Å²) >= 11 is 0. The summed E-state index contributed by atoms with van der Waals surface area (Å²) in [5.74, 6) is -1.11. The third-order valence-electron chi connectivity index (χ3n) is 11.4. The molecule has 13 heteroatoms. The van der Waals surface area contributed by atoms with Gasteiger partial charge < -0.3 is 34.1 Å². The second kappa shape index (κ2) is 13.3. The van der Waals surface area contributed by atoms with Crippen molar-refractivity contribution in [3.63, 3.8) is 0 Å². The highest BCUT2D eigenvalue weighted by Crippen LogP contribution is 2.47. The van der Waals surface area contributed by atoms with Crippen molar-refractivity contribution in [1.29, 1.82) is 0 Å². The quantitative estimate of drug-likeness (QED) is 0.260. The van der Waals surface area contributed by atoms with Crippen LogP contribution in [0.15, 0.2) is 30.3 Å². The first-order valence-electron chi connectivity index (χ1n) is 18.0. The van der Waals surface area contributed by atoms with Gasteiger partial charge in [-0.15, -0.1) is 0 Å². The van der Waals surface area contributed by atoms with E-state index in [4.69, 9.17) is 28.9 Å². The topological polar surface area (TPSA) is 123 Å². The van der Waals surface area contributed by atoms with Gasteiger partial charge in [0.15, 0.2) is 5.82 Å². The van der Waals surface area contributed by atoms with Crippen LogP contribution in [0, 0.1) is 17.6 Å². The lowest BCUT2D eigenvalue weighted by Gasteiger charge is -2.56. The van der Waals surface area contributed by atoms with Gasteiger partial charge in [-0.25, -0.2) is 13.8 Å². The summed E-state index contributed by atoms with van der Waals surface area (Å²) in [4.78, 5) is 18.7. The Bertz CT molecular complexity index is 1960. The number of fused-ring (bicyclic) bond motifs is 3. The van der Waals surface area contributed by atoms with E-state index in [1.165, 1.54) is 31.4 Å². The maximum atomic E-state index is 17.2. The van der Waals surface area contributed by atoms with Crippen molar-refractivity contribution in [2.24, 2.45) is 5.92 Å². The van der Waals surface area contributed by atoms with E-state index >= 15 is 8.78 Å². The number of phenolic OH excluding ortho intramolecular Hbond substituents is 1. The molecule has 2 aromatic heterocycles. The Balaban J connectivity index is 1.30. The molecule has 2 N–H and O–H groups in total. The standard InChI is InChI=1S/C38H45F2N5O6/c1-37(47)20-44(14-15-49-21-37)34-30-33(31(40)32(41-35(30)48-3)25-17-24(46)16-22-8-6-10-27(39)29(22)25)42-36(43-34)51-28-11-4-5-12-38(2)26(28)9-7-13-45(38)23-18-50-19-23/h6,8,10,16-17,23,26,28,46-47H,4-5,7,9,11-15,18-21H2,1-3H3/t26-,28?,37+,38-/m1/s1. The molecule has 5 heterocycles. The molecule has 1 saturated carbocycles. The maximum Gasteiger partial charge on any atom is 0.319 e. The van der Waals surface area contributed by atoms with Crippen molar-refractivity contribution in [2.45, 2.75) is 75.7 Å². The molecule has 0 amide bonds. The molecule has 11 nitrogen and oxygen atoms in total. The number of hydrogen-bond donors (Lipinski definition) is 2. The number of pyridine rings is 1. The first kappa shape index (κ1) is 34.2. The highest BCUT2D eigenvalue weighted by molar-refractivity contribution is 6.02. The molecule has 272 valence electrons. The molecule has 0 spiro atoms. The Labute approximate surface area is 295 Å². The van der Waals surface area contributed by atoms with Crippen LogP contribution in [0.5, 0.6) is 17.6 Å². The Kier molecular flexibility index (Phi) is 8.88. The SMILES string of the molecule is COc1nc(-c2cc(O)cc3cccc(F)c23)c(F)c2nc(OC3CCCC[C@]4(C)[C@@H]3CCCN4C3COC3)nc(N3CCOC[C@@](C)(O)C3)c12. The Morgan fingerprint density at radius 3 is 2.61 bits per heavy atom. The third-order valence-corrected chi connectivity index (χ3v) is 11.4. The van der Waals surface area contributed by atoms with E-state index < -0.39 is 17.2 Å². The first-order valence-corrected chi connectivity index (χ1v) is 18.0. The third kappa shape index (κ3) is 6.11. The molecule has 3 saturated heterocycles. The van der Waals surface area contributed by atoms with Gasteiger partial charge in [0, 0.05) is 29.0 Å². The predicted molar refractivity (Wildman–Crippen MR) is 187 cm³/mol. The van der Waals surface area contributed by atoms with Crippen LogP contribution in [0.2, 0.25) is 0 Å². The molecule has 1 aliphatic carbocycles. The number of benzene rings is 2. The molecule has 2 aromatic carbocycles. The lowest BCUT2D eigenvalue weighted by atomic mass is 9.72. The number of β-amino-alcohol motifs (C(OH)–C–C–N with tert-alkyl or cyclic N) is 1. The minimum atomic E-state index is -1.23. The molecule has 4 fully saturated rings. The Hall–Kier alpha value is -3.91. The number of methoxy groups -OCH3 is 1. The number of nitrogens with zero attached hydrogens (tertiary/aromatic N) is 5. The largest absolute Gasteiger partial charge is 0.508 e. The molecule has 0 radical (unpaired) electrons. The van der Waals surface area contributed by atoms with Crippen LogP contribution in [-0.4, -0.2) is 107 Å². The van der Waals surface area contributed by atoms with Gasteiger partial charge in [-0.05, 0) is 76.1 Å². The number of phenols is 1. The van der Waals surface area contributed by atoms with E-state index in [1.54, 1.807) is 13.0 Å². The van der Waals surface area contributed by atoms with Crippen molar-refractivity contribution >= 4 is 27.5 Å². The number of rotatable bonds is 6. The molecule has 3 aliphatic heterocycles. The predicted octanol–water partition coefficient (Wildman–Crippen LogP) is 5.62. The zero-order valence-electron chi connectivity index (χ0n) is 29.3. The van der Waals surface area contributed by atoms with Gasteiger partial charge in [0.2, 0.25) is 5.88 Å². The summed E-state index contributed by atoms with van der Waals surface area (Å²) < 4.78 is 56.5. The molecule has 4 aliphatic rings. The maximum absolute atomic E-state index is 17.2. The van der Waals surface area contributed by atoms with E-state index in [0.717, 1.165) is 58.3 Å². The number of aromatic nitrogens is 3. The van der Waals surface area contributed by atoms with Crippen LogP contribution in [0.4, 0.5) is 14.6 Å². The fourth-order valence-corrected chi connectivity index (χ4v) is 8.93. The summed E-state index contributed by atoms with van der Waals surface area (Å²) in [5, 5.41) is 22.5. The zero-order valence-corrected chi connectivity index (χ0v) is 29.3. The number of ether oxygens (including phenoxy) is 4. The van der Waals surface area contributed by atoms with Crippen molar-refractivity contribution in [1.82, 2.24) is 19.9 Å². The van der Waals surface area contributed by atoms with Gasteiger partial charge >= 0.3 is 6.01 Å². The van der Waals surface area contributed by atoms with Gasteiger partial charge in [-0.2, -0.15) is 9.97 Å². The van der Waals surface area contributed by atoms with Crippen molar-refractivity contribution in [3.8, 4) is 28.9 Å². The molecule has 1 unspecified atom stereocenters. The average molecular weight is 706 g/mol. The first-order chi connectivity index (χ1) is 24.6. The fourth-order valence-electron chi connectivity index (χ4n) is 8.93. The van der Waals surface area contributed by atoms with Gasteiger partial charge in [-0.3, -0.25) is 4.90 Å². The minimum absolute atomic E-state index is 0.00529. The monoisotopic (exact) mass is 705 g/mol. The number of aromatic hydroxyl groups is 1. The van der Waals surface area contributed by atoms with Gasteiger partial charge in [0.05, 0.1) is 46.1 Å². The molecular weight excluding hydrogens is 660 g/mol. The molecule has 4 atom stereocenters. The van der Waals surface area contributed by atoms with Crippen molar-refractivity contribution in [2.75, 3.05) is 58.1 Å². The Morgan fingerprint density at radius 1 is 0.980 bits per heavy atom. The number of halogens is 2.